The maximum atomic E-state index is 11.8. The number of hydrogen-bond donors (Lipinski definition) is 0. The molecule has 1 heterocycles. The smallest absolute Gasteiger partial charge is 0.349 e. The van der Waals surface area contributed by atoms with Gasteiger partial charge in [0.1, 0.15) is 8.01 Å². The standard InChI is InChI=1S/C11H16O4S3/c1-4-13-9(12)7-8(18-11(16)17-7)10(14-5-2)15-6-3/h10H,4-6H2,1-3H3. The highest BCUT2D eigenvalue weighted by Crippen LogP contribution is 2.33. The zero-order chi connectivity index (χ0) is 13.5. The van der Waals surface area contributed by atoms with Crippen molar-refractivity contribution in [2.75, 3.05) is 19.8 Å². The predicted octanol–water partition coefficient (Wildman–Crippen LogP) is 3.79. The maximum absolute atomic E-state index is 11.8. The molecule has 4 nitrogen and oxygen atoms in total. The second-order valence-electron chi connectivity index (χ2n) is 3.11. The first-order valence-electron chi connectivity index (χ1n) is 5.68. The number of carbonyl (C=O) groups excluding carboxylic acids is 1. The van der Waals surface area contributed by atoms with E-state index in [2.05, 4.69) is 0 Å². The highest BCUT2D eigenvalue weighted by atomic mass is 32.2. The van der Waals surface area contributed by atoms with Gasteiger partial charge in [-0.2, -0.15) is 0 Å². The van der Waals surface area contributed by atoms with Crippen LogP contribution in [0.1, 0.15) is 41.6 Å². The minimum Gasteiger partial charge on any atom is -0.462 e. The van der Waals surface area contributed by atoms with E-state index >= 15 is 0 Å². The monoisotopic (exact) mass is 308 g/mol. The van der Waals surface area contributed by atoms with Gasteiger partial charge in [-0.1, -0.05) is 12.2 Å². The topological polar surface area (TPSA) is 44.8 Å². The molecule has 102 valence electrons. The van der Waals surface area contributed by atoms with Crippen molar-refractivity contribution in [1.82, 2.24) is 0 Å². The second kappa shape index (κ2) is 7.96. The first-order chi connectivity index (χ1) is 8.63. The van der Waals surface area contributed by atoms with Crippen molar-refractivity contribution < 1.29 is 19.0 Å². The van der Waals surface area contributed by atoms with Gasteiger partial charge in [0.2, 0.25) is 0 Å². The Kier molecular flexibility index (Phi) is 6.95. The van der Waals surface area contributed by atoms with Crippen LogP contribution >= 0.6 is 34.9 Å². The van der Waals surface area contributed by atoms with Crippen LogP contribution in [0.25, 0.3) is 0 Å². The van der Waals surface area contributed by atoms with Crippen LogP contribution in [-0.2, 0) is 14.2 Å². The van der Waals surface area contributed by atoms with Gasteiger partial charge in [-0.3, -0.25) is 0 Å². The first-order valence-corrected chi connectivity index (χ1v) is 7.72. The highest BCUT2D eigenvalue weighted by molar-refractivity contribution is 7.76. The van der Waals surface area contributed by atoms with Gasteiger partial charge >= 0.3 is 5.97 Å². The molecular formula is C11H16O4S3. The molecule has 1 aromatic heterocycles. The fourth-order valence-electron chi connectivity index (χ4n) is 1.29. The summed E-state index contributed by atoms with van der Waals surface area (Å²) in [6, 6.07) is 0. The van der Waals surface area contributed by atoms with Crippen LogP contribution in [-0.4, -0.2) is 25.8 Å². The molecule has 0 atom stereocenters. The first kappa shape index (κ1) is 15.7. The quantitative estimate of drug-likeness (QED) is 0.436. The van der Waals surface area contributed by atoms with Gasteiger partial charge in [0, 0.05) is 13.2 Å². The van der Waals surface area contributed by atoms with Crippen molar-refractivity contribution in [3.05, 3.63) is 12.9 Å². The molecule has 18 heavy (non-hydrogen) atoms. The lowest BCUT2D eigenvalue weighted by molar-refractivity contribution is -0.138. The number of rotatable bonds is 7. The number of hydrogen-bond acceptors (Lipinski definition) is 7. The van der Waals surface area contributed by atoms with Gasteiger partial charge in [-0.05, 0) is 20.8 Å². The summed E-state index contributed by atoms with van der Waals surface area (Å²) in [6.45, 7) is 6.86. The Balaban J connectivity index is 3.04. The van der Waals surface area contributed by atoms with Gasteiger partial charge in [0.25, 0.3) is 0 Å². The van der Waals surface area contributed by atoms with Crippen molar-refractivity contribution in [2.45, 2.75) is 27.1 Å². The van der Waals surface area contributed by atoms with Crippen LogP contribution in [0, 0.1) is 3.14 Å². The van der Waals surface area contributed by atoms with E-state index in [0.717, 1.165) is 0 Å². The van der Waals surface area contributed by atoms with Crippen molar-refractivity contribution in [3.63, 3.8) is 0 Å². The third-order valence-electron chi connectivity index (χ3n) is 1.91. The molecule has 0 bridgehead atoms. The van der Waals surface area contributed by atoms with Crippen LogP contribution in [0.5, 0.6) is 0 Å². The Bertz CT molecular complexity index is 432. The van der Waals surface area contributed by atoms with Crippen molar-refractivity contribution in [3.8, 4) is 0 Å². The van der Waals surface area contributed by atoms with E-state index < -0.39 is 6.29 Å². The molecule has 0 saturated heterocycles. The summed E-state index contributed by atoms with van der Waals surface area (Å²) in [5.74, 6) is -0.366. The Morgan fingerprint density at radius 3 is 2.28 bits per heavy atom. The fraction of sp³-hybridized carbons (Fsp3) is 0.636. The summed E-state index contributed by atoms with van der Waals surface area (Å²) in [5.41, 5.74) is 0. The van der Waals surface area contributed by atoms with Gasteiger partial charge in [-0.25, -0.2) is 4.79 Å². The maximum Gasteiger partial charge on any atom is 0.349 e. The summed E-state index contributed by atoms with van der Waals surface area (Å²) in [4.78, 5) is 13.0. The third-order valence-corrected chi connectivity index (χ3v) is 4.58. The molecule has 0 aliphatic carbocycles. The lowest BCUT2D eigenvalue weighted by Gasteiger charge is -2.16. The molecule has 0 fully saturated rings. The summed E-state index contributed by atoms with van der Waals surface area (Å²) < 4.78 is 16.7. The van der Waals surface area contributed by atoms with E-state index in [1.54, 1.807) is 6.92 Å². The molecule has 0 radical (unpaired) electrons. The Labute approximate surface area is 120 Å². The minimum atomic E-state index is -0.544. The molecule has 0 spiro atoms. The zero-order valence-electron chi connectivity index (χ0n) is 10.6. The molecule has 0 aliphatic rings. The fourth-order valence-corrected chi connectivity index (χ4v) is 3.84. The van der Waals surface area contributed by atoms with E-state index in [-0.39, 0.29) is 5.97 Å². The van der Waals surface area contributed by atoms with E-state index in [1.807, 2.05) is 13.8 Å². The van der Waals surface area contributed by atoms with Crippen molar-refractivity contribution in [2.24, 2.45) is 0 Å². The van der Waals surface area contributed by atoms with Crippen LogP contribution in [0.4, 0.5) is 0 Å². The van der Waals surface area contributed by atoms with Gasteiger partial charge in [0.15, 0.2) is 6.29 Å². The normalized spacial score (nSPS) is 10.9. The average Bonchev–Trinajstić information content (AvgIpc) is 2.71. The Hall–Kier alpha value is -0.340. The van der Waals surface area contributed by atoms with Gasteiger partial charge < -0.3 is 14.2 Å². The summed E-state index contributed by atoms with van der Waals surface area (Å²) in [6.07, 6.45) is -0.544. The van der Waals surface area contributed by atoms with Crippen LogP contribution in [0.3, 0.4) is 0 Å². The molecule has 0 amide bonds. The van der Waals surface area contributed by atoms with Gasteiger partial charge in [-0.15, -0.1) is 22.7 Å². The van der Waals surface area contributed by atoms with Crippen LogP contribution in [0.15, 0.2) is 0 Å². The molecule has 1 aromatic rings. The number of carbonyl (C=O) groups is 1. The molecular weight excluding hydrogens is 292 g/mol. The van der Waals surface area contributed by atoms with Crippen LogP contribution in [0.2, 0.25) is 0 Å². The number of ether oxygens (including phenoxy) is 3. The van der Waals surface area contributed by atoms with Gasteiger partial charge in [0.05, 0.1) is 11.5 Å². The van der Waals surface area contributed by atoms with Crippen LogP contribution < -0.4 is 0 Å². The predicted molar refractivity (Wildman–Crippen MR) is 75.0 cm³/mol. The SMILES string of the molecule is CCOC(=O)c1sc(=S)sc1C(OCC)OCC. The van der Waals surface area contributed by atoms with E-state index in [1.165, 1.54) is 22.7 Å². The van der Waals surface area contributed by atoms with E-state index in [9.17, 15) is 4.79 Å². The van der Waals surface area contributed by atoms with E-state index in [0.29, 0.717) is 32.7 Å². The summed E-state index contributed by atoms with van der Waals surface area (Å²) in [5, 5.41) is 0. The Morgan fingerprint density at radius 2 is 1.78 bits per heavy atom. The van der Waals surface area contributed by atoms with Crippen molar-refractivity contribution in [1.29, 1.82) is 0 Å². The third kappa shape index (κ3) is 4.10. The molecule has 0 aromatic carbocycles. The molecule has 0 aliphatic heterocycles. The molecule has 1 rings (SSSR count). The van der Waals surface area contributed by atoms with Crippen molar-refractivity contribution >= 4 is 40.9 Å². The lowest BCUT2D eigenvalue weighted by atomic mass is 10.4. The molecule has 0 N–H and O–H groups in total. The molecule has 0 unspecified atom stereocenters. The summed E-state index contributed by atoms with van der Waals surface area (Å²) >= 11 is 7.71. The highest BCUT2D eigenvalue weighted by Gasteiger charge is 2.24. The molecule has 7 heteroatoms. The zero-order valence-corrected chi connectivity index (χ0v) is 13.0. The minimum absolute atomic E-state index is 0.335. The Morgan fingerprint density at radius 1 is 1.17 bits per heavy atom. The molecule has 0 saturated carbocycles. The number of esters is 1. The average molecular weight is 308 g/mol. The largest absolute Gasteiger partial charge is 0.462 e. The van der Waals surface area contributed by atoms with E-state index in [4.69, 9.17) is 26.4 Å². The lowest BCUT2D eigenvalue weighted by Crippen LogP contribution is -2.12. The summed E-state index contributed by atoms with van der Waals surface area (Å²) in [7, 11) is 0. The second-order valence-corrected chi connectivity index (χ2v) is 6.37.